The summed E-state index contributed by atoms with van der Waals surface area (Å²) in [5, 5.41) is 3.01. The summed E-state index contributed by atoms with van der Waals surface area (Å²) in [6.07, 6.45) is 3.15. The Labute approximate surface area is 185 Å². The summed E-state index contributed by atoms with van der Waals surface area (Å²) in [4.78, 5) is 32.4. The van der Waals surface area contributed by atoms with Crippen LogP contribution in [0.5, 0.6) is 0 Å². The van der Waals surface area contributed by atoms with Crippen molar-refractivity contribution in [3.8, 4) is 0 Å². The maximum absolute atomic E-state index is 12.6. The van der Waals surface area contributed by atoms with Gasteiger partial charge in [0.25, 0.3) is 0 Å². The lowest BCUT2D eigenvalue weighted by atomic mass is 10.1. The third-order valence-corrected chi connectivity index (χ3v) is 5.77. The minimum absolute atomic E-state index is 0.127. The monoisotopic (exact) mass is 439 g/mol. The Kier molecular flexibility index (Phi) is 7.03. The molecule has 0 spiro atoms. The molecular weight excluding hydrogens is 418 g/mol. The molecule has 1 unspecified atom stereocenters. The molecule has 30 heavy (non-hydrogen) atoms. The lowest BCUT2D eigenvalue weighted by Crippen LogP contribution is -2.27. The predicted octanol–water partition coefficient (Wildman–Crippen LogP) is 5.71. The van der Waals surface area contributed by atoms with Gasteiger partial charge in [0.1, 0.15) is 0 Å². The fourth-order valence-corrected chi connectivity index (χ4v) is 3.97. The zero-order valence-corrected chi connectivity index (χ0v) is 18.5. The van der Waals surface area contributed by atoms with Crippen molar-refractivity contribution in [2.45, 2.75) is 19.9 Å². The third-order valence-electron chi connectivity index (χ3n) is 4.69. The molecule has 1 heterocycles. The van der Waals surface area contributed by atoms with Crippen molar-refractivity contribution in [1.82, 2.24) is 9.88 Å². The molecule has 1 atom stereocenters. The van der Waals surface area contributed by atoms with E-state index in [9.17, 15) is 9.59 Å². The molecule has 7 heteroatoms. The number of anilines is 2. The number of carbonyl (C=O) groups excluding carboxylic acids is 2. The predicted molar refractivity (Wildman–Crippen MR) is 123 cm³/mol. The molecule has 0 radical (unpaired) electrons. The van der Waals surface area contributed by atoms with Crippen LogP contribution in [0.3, 0.4) is 0 Å². The number of halogens is 1. The first-order chi connectivity index (χ1) is 14.4. The van der Waals surface area contributed by atoms with Crippen LogP contribution >= 0.6 is 22.9 Å². The Morgan fingerprint density at radius 1 is 1.13 bits per heavy atom. The number of hydrogen-bond acceptors (Lipinski definition) is 4. The topological polar surface area (TPSA) is 53.5 Å². The highest BCUT2D eigenvalue weighted by atomic mass is 35.5. The number of carbonyl (C=O) groups is 2. The molecule has 154 valence electrons. The smallest absolute Gasteiger partial charge is 0.246 e. The molecule has 0 N–H and O–H groups in total. The van der Waals surface area contributed by atoms with E-state index >= 15 is 0 Å². The highest BCUT2D eigenvalue weighted by molar-refractivity contribution is 7.14. The van der Waals surface area contributed by atoms with E-state index in [1.165, 1.54) is 24.3 Å². The largest absolute Gasteiger partial charge is 0.335 e. The van der Waals surface area contributed by atoms with Gasteiger partial charge in [-0.1, -0.05) is 41.9 Å². The van der Waals surface area contributed by atoms with Gasteiger partial charge in [-0.3, -0.25) is 14.5 Å². The molecule has 2 aromatic carbocycles. The van der Waals surface area contributed by atoms with E-state index in [0.717, 1.165) is 11.3 Å². The van der Waals surface area contributed by atoms with Crippen LogP contribution in [-0.4, -0.2) is 28.7 Å². The SMILES string of the molecule is CC(=O)N(c1ccccc1)c1nc(/C=C/C(=O)N(C)C(C)c2cccc(Cl)c2)cs1. The second kappa shape index (κ2) is 9.69. The summed E-state index contributed by atoms with van der Waals surface area (Å²) in [5.41, 5.74) is 2.33. The fourth-order valence-electron chi connectivity index (χ4n) is 2.91. The number of rotatable bonds is 6. The summed E-state index contributed by atoms with van der Waals surface area (Å²) < 4.78 is 0. The van der Waals surface area contributed by atoms with Crippen LogP contribution in [-0.2, 0) is 9.59 Å². The number of benzene rings is 2. The van der Waals surface area contributed by atoms with Crippen LogP contribution in [0.2, 0.25) is 5.02 Å². The third kappa shape index (κ3) is 5.14. The summed E-state index contributed by atoms with van der Waals surface area (Å²) >= 11 is 7.41. The molecule has 5 nitrogen and oxygen atoms in total. The summed E-state index contributed by atoms with van der Waals surface area (Å²) in [6.45, 7) is 3.45. The number of nitrogens with zero attached hydrogens (tertiary/aromatic N) is 3. The van der Waals surface area contributed by atoms with E-state index in [-0.39, 0.29) is 17.9 Å². The van der Waals surface area contributed by atoms with Gasteiger partial charge in [-0.15, -0.1) is 11.3 Å². The summed E-state index contributed by atoms with van der Waals surface area (Å²) in [7, 11) is 1.75. The van der Waals surface area contributed by atoms with Crippen molar-refractivity contribution >= 4 is 51.6 Å². The molecule has 0 fully saturated rings. The van der Waals surface area contributed by atoms with Crippen molar-refractivity contribution in [2.24, 2.45) is 0 Å². The molecule has 3 aromatic rings. The molecule has 0 saturated carbocycles. The van der Waals surface area contributed by atoms with Gasteiger partial charge >= 0.3 is 0 Å². The van der Waals surface area contributed by atoms with Gasteiger partial charge in [0, 0.05) is 30.5 Å². The Hall–Kier alpha value is -2.96. The van der Waals surface area contributed by atoms with E-state index in [1.54, 1.807) is 29.0 Å². The van der Waals surface area contributed by atoms with Gasteiger partial charge in [-0.05, 0) is 42.8 Å². The molecule has 0 saturated heterocycles. The maximum Gasteiger partial charge on any atom is 0.246 e. The van der Waals surface area contributed by atoms with E-state index < -0.39 is 0 Å². The molecule has 2 amide bonds. The van der Waals surface area contributed by atoms with Crippen LogP contribution in [0.1, 0.15) is 31.1 Å². The number of hydrogen-bond donors (Lipinski definition) is 0. The standard InChI is InChI=1S/C23H22ClN3O2S/c1-16(18-8-7-9-19(24)14-18)26(3)22(29)13-12-20-15-30-23(25-20)27(17(2)28)21-10-5-4-6-11-21/h4-16H,1-3H3/b13-12+. The van der Waals surface area contributed by atoms with Crippen molar-refractivity contribution in [3.63, 3.8) is 0 Å². The molecular formula is C23H22ClN3O2S. The van der Waals surface area contributed by atoms with Gasteiger partial charge in [0.05, 0.1) is 17.4 Å². The normalized spacial score (nSPS) is 12.0. The minimum atomic E-state index is -0.150. The Morgan fingerprint density at radius 3 is 2.53 bits per heavy atom. The van der Waals surface area contributed by atoms with E-state index in [1.807, 2.05) is 60.8 Å². The second-order valence-corrected chi connectivity index (χ2v) is 8.03. The van der Waals surface area contributed by atoms with Gasteiger partial charge < -0.3 is 4.90 Å². The Bertz CT molecular complexity index is 1070. The molecule has 0 bridgehead atoms. The van der Waals surface area contributed by atoms with E-state index in [4.69, 9.17) is 11.6 Å². The molecule has 0 aliphatic heterocycles. The quantitative estimate of drug-likeness (QED) is 0.462. The van der Waals surface area contributed by atoms with Crippen LogP contribution in [0.25, 0.3) is 6.08 Å². The Balaban J connectivity index is 1.73. The molecule has 3 rings (SSSR count). The zero-order valence-electron chi connectivity index (χ0n) is 16.9. The first-order valence-electron chi connectivity index (χ1n) is 9.38. The summed E-state index contributed by atoms with van der Waals surface area (Å²) in [6, 6.07) is 16.7. The van der Waals surface area contributed by atoms with Gasteiger partial charge in [-0.2, -0.15) is 0 Å². The highest BCUT2D eigenvalue weighted by Crippen LogP contribution is 2.29. The first-order valence-corrected chi connectivity index (χ1v) is 10.6. The van der Waals surface area contributed by atoms with Gasteiger partial charge in [0.2, 0.25) is 11.8 Å². The van der Waals surface area contributed by atoms with Crippen LogP contribution in [0, 0.1) is 0 Å². The van der Waals surface area contributed by atoms with Gasteiger partial charge in [-0.25, -0.2) is 4.98 Å². The van der Waals surface area contributed by atoms with Crippen molar-refractivity contribution in [1.29, 1.82) is 0 Å². The molecule has 1 aromatic heterocycles. The maximum atomic E-state index is 12.6. The van der Waals surface area contributed by atoms with Crippen LogP contribution in [0.15, 0.2) is 66.1 Å². The molecule has 0 aliphatic carbocycles. The summed E-state index contributed by atoms with van der Waals surface area (Å²) in [5.74, 6) is -0.277. The van der Waals surface area contributed by atoms with E-state index in [0.29, 0.717) is 15.8 Å². The first kappa shape index (κ1) is 21.7. The second-order valence-electron chi connectivity index (χ2n) is 6.76. The molecule has 0 aliphatic rings. The lowest BCUT2D eigenvalue weighted by molar-refractivity contribution is -0.126. The number of thiazole rings is 1. The number of amides is 2. The average molecular weight is 440 g/mol. The van der Waals surface area contributed by atoms with E-state index in [2.05, 4.69) is 4.98 Å². The zero-order chi connectivity index (χ0) is 21.7. The highest BCUT2D eigenvalue weighted by Gasteiger charge is 2.18. The lowest BCUT2D eigenvalue weighted by Gasteiger charge is -2.24. The number of likely N-dealkylation sites (N-methyl/N-ethyl adjacent to an activating group) is 1. The number of para-hydroxylation sites is 1. The fraction of sp³-hybridized carbons (Fsp3) is 0.174. The van der Waals surface area contributed by atoms with Crippen LogP contribution < -0.4 is 4.90 Å². The van der Waals surface area contributed by atoms with Crippen LogP contribution in [0.4, 0.5) is 10.8 Å². The van der Waals surface area contributed by atoms with Crippen molar-refractivity contribution in [2.75, 3.05) is 11.9 Å². The van der Waals surface area contributed by atoms with Crippen molar-refractivity contribution < 1.29 is 9.59 Å². The van der Waals surface area contributed by atoms with Gasteiger partial charge in [0.15, 0.2) is 5.13 Å². The Morgan fingerprint density at radius 2 is 1.87 bits per heavy atom. The minimum Gasteiger partial charge on any atom is -0.335 e. The number of aromatic nitrogens is 1. The van der Waals surface area contributed by atoms with Crippen molar-refractivity contribution in [3.05, 3.63) is 82.3 Å². The average Bonchev–Trinajstić information content (AvgIpc) is 3.20.